The minimum atomic E-state index is -0.723. The Morgan fingerprint density at radius 3 is 2.81 bits per heavy atom. The molecule has 0 fully saturated rings. The molecule has 0 aliphatic rings. The Morgan fingerprint density at radius 2 is 2.31 bits per heavy atom. The van der Waals surface area contributed by atoms with Crippen molar-refractivity contribution in [2.45, 2.75) is 19.9 Å². The predicted octanol–water partition coefficient (Wildman–Crippen LogP) is -1.24. The fourth-order valence-corrected chi connectivity index (χ4v) is 0.977. The van der Waals surface area contributed by atoms with Crippen molar-refractivity contribution in [3.63, 3.8) is 0 Å². The Balaban J connectivity index is 2.58. The maximum absolute atomic E-state index is 11.6. The van der Waals surface area contributed by atoms with Crippen LogP contribution in [0.15, 0.2) is 5.16 Å². The monoisotopic (exact) mass is 227 g/mol. The van der Waals surface area contributed by atoms with E-state index in [1.54, 1.807) is 6.92 Å². The van der Waals surface area contributed by atoms with Gasteiger partial charge in [-0.25, -0.2) is 0 Å². The van der Waals surface area contributed by atoms with Gasteiger partial charge >= 0.3 is 0 Å². The smallest absolute Gasteiger partial charge is 0.231 e. The molecular weight excluding hydrogens is 214 g/mol. The normalized spacial score (nSPS) is 15.5. The lowest BCUT2D eigenvalue weighted by atomic mass is 10.1. The molecule has 0 bridgehead atoms. The van der Waals surface area contributed by atoms with Crippen molar-refractivity contribution in [2.24, 2.45) is 16.8 Å². The number of hydrogen-bond acceptors (Lipinski definition) is 6. The first-order valence-corrected chi connectivity index (χ1v) is 4.57. The van der Waals surface area contributed by atoms with Crippen LogP contribution in [0.1, 0.15) is 25.7 Å². The Morgan fingerprint density at radius 1 is 1.62 bits per heavy atom. The molecule has 1 heterocycles. The summed E-state index contributed by atoms with van der Waals surface area (Å²) in [6.07, 6.45) is 0. The topological polar surface area (TPSA) is 142 Å². The molecule has 0 radical (unpaired) electrons. The van der Waals surface area contributed by atoms with Crippen molar-refractivity contribution in [1.82, 2.24) is 25.9 Å². The van der Waals surface area contributed by atoms with Gasteiger partial charge in [0.25, 0.3) is 0 Å². The van der Waals surface area contributed by atoms with E-state index in [-0.39, 0.29) is 11.7 Å². The molecule has 0 aromatic carbocycles. The maximum atomic E-state index is 11.6. The van der Waals surface area contributed by atoms with Gasteiger partial charge in [-0.2, -0.15) is 5.21 Å². The lowest BCUT2D eigenvalue weighted by molar-refractivity contribution is -0.123. The van der Waals surface area contributed by atoms with E-state index in [2.05, 4.69) is 31.1 Å². The third-order valence-corrected chi connectivity index (χ3v) is 2.06. The third-order valence-electron chi connectivity index (χ3n) is 2.06. The van der Waals surface area contributed by atoms with Crippen LogP contribution in [-0.2, 0) is 4.79 Å². The van der Waals surface area contributed by atoms with Crippen molar-refractivity contribution < 1.29 is 10.0 Å². The minimum absolute atomic E-state index is 0.155. The Bertz CT molecular complexity index is 374. The van der Waals surface area contributed by atoms with E-state index in [0.717, 1.165) is 0 Å². The van der Waals surface area contributed by atoms with E-state index in [1.165, 1.54) is 6.92 Å². The van der Waals surface area contributed by atoms with Gasteiger partial charge in [-0.15, -0.1) is 10.2 Å². The van der Waals surface area contributed by atoms with Gasteiger partial charge in [0.05, 0.1) is 12.0 Å². The number of nitrogens with one attached hydrogen (secondary N) is 2. The van der Waals surface area contributed by atoms with E-state index in [9.17, 15) is 4.79 Å². The molecule has 1 rings (SSSR count). The Labute approximate surface area is 91.1 Å². The summed E-state index contributed by atoms with van der Waals surface area (Å²) in [5.74, 6) is -0.898. The number of amidine groups is 1. The molecule has 16 heavy (non-hydrogen) atoms. The number of carbonyl (C=O) groups excluding carboxylic acids is 1. The lowest BCUT2D eigenvalue weighted by Crippen LogP contribution is -2.38. The zero-order valence-corrected chi connectivity index (χ0v) is 8.88. The van der Waals surface area contributed by atoms with E-state index in [0.29, 0.717) is 5.82 Å². The summed E-state index contributed by atoms with van der Waals surface area (Å²) >= 11 is 0. The van der Waals surface area contributed by atoms with Gasteiger partial charge in [-0.1, -0.05) is 10.4 Å². The summed E-state index contributed by atoms with van der Waals surface area (Å²) < 4.78 is 0. The number of tetrazole rings is 1. The number of H-pyrrole nitrogens is 1. The van der Waals surface area contributed by atoms with Crippen molar-refractivity contribution in [2.75, 3.05) is 0 Å². The molecule has 0 saturated heterocycles. The van der Waals surface area contributed by atoms with Crippen LogP contribution < -0.4 is 11.1 Å². The number of hydrogen-bond donors (Lipinski definition) is 4. The molecule has 0 spiro atoms. The standard InChI is InChI=1S/C7H13N7O2/c1-3(5(8)12-16)7(15)9-4(2)6-10-13-14-11-6/h3-4,16H,1-2H3,(H2,8,12)(H,9,15)(H,10,11,13,14). The van der Waals surface area contributed by atoms with E-state index < -0.39 is 12.0 Å². The van der Waals surface area contributed by atoms with E-state index in [1.807, 2.05) is 0 Å². The molecular formula is C7H13N7O2. The largest absolute Gasteiger partial charge is 0.409 e. The molecule has 2 atom stereocenters. The molecule has 1 amide bonds. The number of carbonyl (C=O) groups is 1. The molecule has 9 nitrogen and oxygen atoms in total. The van der Waals surface area contributed by atoms with E-state index in [4.69, 9.17) is 10.9 Å². The minimum Gasteiger partial charge on any atom is -0.409 e. The van der Waals surface area contributed by atoms with Crippen LogP contribution in [0.3, 0.4) is 0 Å². The lowest BCUT2D eigenvalue weighted by Gasteiger charge is -2.13. The van der Waals surface area contributed by atoms with Gasteiger partial charge in [0.15, 0.2) is 11.7 Å². The molecule has 88 valence electrons. The number of aromatic amines is 1. The Kier molecular flexibility index (Phi) is 3.75. The molecule has 1 aromatic heterocycles. The molecule has 5 N–H and O–H groups in total. The van der Waals surface area contributed by atoms with Crippen LogP contribution in [0, 0.1) is 5.92 Å². The van der Waals surface area contributed by atoms with Crippen molar-refractivity contribution in [3.8, 4) is 0 Å². The number of aromatic nitrogens is 4. The van der Waals surface area contributed by atoms with Crippen LogP contribution >= 0.6 is 0 Å². The molecule has 9 heteroatoms. The SMILES string of the molecule is CC(C(=O)NC(C)c1nn[nH]n1)C(N)=NO. The fourth-order valence-electron chi connectivity index (χ4n) is 0.977. The summed E-state index contributed by atoms with van der Waals surface area (Å²) in [5.41, 5.74) is 5.30. The average Bonchev–Trinajstić information content (AvgIpc) is 2.80. The quantitative estimate of drug-likeness (QED) is 0.219. The highest BCUT2D eigenvalue weighted by Gasteiger charge is 2.21. The average molecular weight is 227 g/mol. The maximum Gasteiger partial charge on any atom is 0.231 e. The number of nitrogens with two attached hydrogens (primary N) is 1. The first-order chi connectivity index (χ1) is 7.56. The summed E-state index contributed by atoms with van der Waals surface area (Å²) in [7, 11) is 0. The van der Waals surface area contributed by atoms with Gasteiger partial charge in [-0.3, -0.25) is 4.79 Å². The van der Waals surface area contributed by atoms with Crippen molar-refractivity contribution in [3.05, 3.63) is 5.82 Å². The number of rotatable bonds is 4. The molecule has 2 unspecified atom stereocenters. The first kappa shape index (κ1) is 11.9. The highest BCUT2D eigenvalue weighted by atomic mass is 16.4. The first-order valence-electron chi connectivity index (χ1n) is 4.57. The zero-order valence-electron chi connectivity index (χ0n) is 8.88. The van der Waals surface area contributed by atoms with Gasteiger partial charge in [0, 0.05) is 0 Å². The molecule has 0 aliphatic heterocycles. The van der Waals surface area contributed by atoms with E-state index >= 15 is 0 Å². The highest BCUT2D eigenvalue weighted by molar-refractivity contribution is 6.01. The summed E-state index contributed by atoms with van der Waals surface area (Å²) in [4.78, 5) is 11.6. The van der Waals surface area contributed by atoms with Crippen LogP contribution in [0.5, 0.6) is 0 Å². The highest BCUT2D eigenvalue weighted by Crippen LogP contribution is 2.05. The Hall–Kier alpha value is -2.19. The third kappa shape index (κ3) is 2.65. The number of amides is 1. The predicted molar refractivity (Wildman–Crippen MR) is 53.3 cm³/mol. The van der Waals surface area contributed by atoms with Gasteiger partial charge in [0.2, 0.25) is 5.91 Å². The molecule has 0 aliphatic carbocycles. The van der Waals surface area contributed by atoms with Gasteiger partial charge in [0.1, 0.15) is 0 Å². The second-order valence-corrected chi connectivity index (χ2v) is 3.25. The molecule has 0 saturated carbocycles. The van der Waals surface area contributed by atoms with Gasteiger partial charge < -0.3 is 16.3 Å². The summed E-state index contributed by atoms with van der Waals surface area (Å²) in [5, 5.41) is 26.9. The van der Waals surface area contributed by atoms with Crippen molar-refractivity contribution >= 4 is 11.7 Å². The zero-order chi connectivity index (χ0) is 12.1. The number of nitrogens with zero attached hydrogens (tertiary/aromatic N) is 4. The number of oxime groups is 1. The van der Waals surface area contributed by atoms with Crippen LogP contribution in [0.25, 0.3) is 0 Å². The fraction of sp³-hybridized carbons (Fsp3) is 0.571. The van der Waals surface area contributed by atoms with Crippen molar-refractivity contribution in [1.29, 1.82) is 0 Å². The van der Waals surface area contributed by atoms with Crippen LogP contribution in [-0.4, -0.2) is 37.6 Å². The van der Waals surface area contributed by atoms with Crippen LogP contribution in [0.2, 0.25) is 0 Å². The van der Waals surface area contributed by atoms with Gasteiger partial charge in [-0.05, 0) is 13.8 Å². The second-order valence-electron chi connectivity index (χ2n) is 3.25. The summed E-state index contributed by atoms with van der Waals surface area (Å²) in [6, 6.07) is -0.403. The van der Waals surface area contributed by atoms with Crippen LogP contribution in [0.4, 0.5) is 0 Å². The summed E-state index contributed by atoms with van der Waals surface area (Å²) in [6.45, 7) is 3.22. The second kappa shape index (κ2) is 5.05. The molecule has 1 aromatic rings.